The van der Waals surface area contributed by atoms with Gasteiger partial charge in [0.05, 0.1) is 12.7 Å². The van der Waals surface area contributed by atoms with Gasteiger partial charge in [-0.25, -0.2) is 4.39 Å². The number of aromatic nitrogens is 2. The average Bonchev–Trinajstić information content (AvgIpc) is 2.76. The predicted molar refractivity (Wildman–Crippen MR) is 82.2 cm³/mol. The van der Waals surface area contributed by atoms with E-state index >= 15 is 0 Å². The highest BCUT2D eigenvalue weighted by Gasteiger charge is 2.09. The summed E-state index contributed by atoms with van der Waals surface area (Å²) >= 11 is 3.45. The van der Waals surface area contributed by atoms with Crippen LogP contribution in [0.3, 0.4) is 0 Å². The van der Waals surface area contributed by atoms with Crippen molar-refractivity contribution in [3.8, 4) is 0 Å². The zero-order chi connectivity index (χ0) is 14.5. The maximum absolute atomic E-state index is 13.3. The summed E-state index contributed by atoms with van der Waals surface area (Å²) in [5, 5.41) is 7.76. The van der Waals surface area contributed by atoms with Gasteiger partial charge in [-0.1, -0.05) is 22.9 Å². The van der Waals surface area contributed by atoms with Crippen molar-refractivity contribution < 1.29 is 4.39 Å². The quantitative estimate of drug-likeness (QED) is 0.814. The Labute approximate surface area is 127 Å². The third kappa shape index (κ3) is 3.67. The zero-order valence-corrected chi connectivity index (χ0v) is 13.4. The van der Waals surface area contributed by atoms with Crippen LogP contribution in [0, 0.1) is 12.7 Å². The van der Waals surface area contributed by atoms with Gasteiger partial charge in [-0.2, -0.15) is 5.10 Å². The second kappa shape index (κ2) is 6.99. The largest absolute Gasteiger partial charge is 0.313 e. The van der Waals surface area contributed by atoms with Crippen molar-refractivity contribution in [1.82, 2.24) is 15.1 Å². The summed E-state index contributed by atoms with van der Waals surface area (Å²) in [6, 6.07) is 4.72. The van der Waals surface area contributed by atoms with E-state index < -0.39 is 0 Å². The molecule has 1 aromatic carbocycles. The molecule has 2 rings (SSSR count). The normalized spacial score (nSPS) is 11.0. The number of halogens is 2. The van der Waals surface area contributed by atoms with E-state index in [4.69, 9.17) is 0 Å². The number of benzene rings is 1. The molecule has 0 aliphatic heterocycles. The molecule has 5 heteroatoms. The van der Waals surface area contributed by atoms with Gasteiger partial charge in [-0.3, -0.25) is 4.68 Å². The van der Waals surface area contributed by atoms with Crippen molar-refractivity contribution in [2.24, 2.45) is 0 Å². The average molecular weight is 340 g/mol. The monoisotopic (exact) mass is 339 g/mol. The summed E-state index contributed by atoms with van der Waals surface area (Å²) < 4.78 is 16.1. The number of nitrogens with zero attached hydrogens (tertiary/aromatic N) is 2. The molecule has 3 nitrogen and oxygen atoms in total. The third-order valence-corrected chi connectivity index (χ3v) is 4.05. The number of rotatable bonds is 6. The van der Waals surface area contributed by atoms with Crippen LogP contribution in [0.15, 0.2) is 28.9 Å². The lowest BCUT2D eigenvalue weighted by Crippen LogP contribution is -2.14. The number of hydrogen-bond acceptors (Lipinski definition) is 2. The van der Waals surface area contributed by atoms with Crippen LogP contribution in [-0.2, 0) is 13.1 Å². The Balaban J connectivity index is 2.12. The third-order valence-electron chi connectivity index (χ3n) is 3.27. The molecule has 0 radical (unpaired) electrons. The number of nitrogens with one attached hydrogen (secondary N) is 1. The van der Waals surface area contributed by atoms with E-state index in [1.54, 1.807) is 12.1 Å². The molecule has 0 spiro atoms. The lowest BCUT2D eigenvalue weighted by molar-refractivity contribution is 0.614. The molecule has 0 aliphatic carbocycles. The van der Waals surface area contributed by atoms with Crippen molar-refractivity contribution in [1.29, 1.82) is 0 Å². The van der Waals surface area contributed by atoms with E-state index in [9.17, 15) is 4.39 Å². The molecule has 0 saturated heterocycles. The molecule has 0 saturated carbocycles. The van der Waals surface area contributed by atoms with Crippen molar-refractivity contribution in [2.45, 2.75) is 33.4 Å². The lowest BCUT2D eigenvalue weighted by Gasteiger charge is -2.08. The highest BCUT2D eigenvalue weighted by Crippen LogP contribution is 2.20. The van der Waals surface area contributed by atoms with Gasteiger partial charge in [-0.05, 0) is 43.7 Å². The standard InChI is InChI=1S/C15H19BrFN3/c1-3-6-18-8-13-9-19-20(11(13)2)10-12-7-14(17)4-5-15(12)16/h4-5,7,9,18H,3,6,8,10H2,1-2H3. The first-order valence-electron chi connectivity index (χ1n) is 6.77. The van der Waals surface area contributed by atoms with Crippen LogP contribution in [0.2, 0.25) is 0 Å². The van der Waals surface area contributed by atoms with Gasteiger partial charge < -0.3 is 5.32 Å². The topological polar surface area (TPSA) is 29.9 Å². The van der Waals surface area contributed by atoms with Gasteiger partial charge in [0.1, 0.15) is 5.82 Å². The predicted octanol–water partition coefficient (Wildman–Crippen LogP) is 3.64. The summed E-state index contributed by atoms with van der Waals surface area (Å²) in [6.07, 6.45) is 2.99. The Hall–Kier alpha value is -1.20. The highest BCUT2D eigenvalue weighted by atomic mass is 79.9. The van der Waals surface area contributed by atoms with Crippen LogP contribution in [-0.4, -0.2) is 16.3 Å². The molecule has 1 aromatic heterocycles. The lowest BCUT2D eigenvalue weighted by atomic mass is 10.2. The van der Waals surface area contributed by atoms with Crippen LogP contribution in [0.5, 0.6) is 0 Å². The zero-order valence-electron chi connectivity index (χ0n) is 11.8. The minimum absolute atomic E-state index is 0.224. The molecular weight excluding hydrogens is 321 g/mol. The summed E-state index contributed by atoms with van der Waals surface area (Å²) in [4.78, 5) is 0. The number of hydrogen-bond donors (Lipinski definition) is 1. The first-order valence-corrected chi connectivity index (χ1v) is 7.57. The van der Waals surface area contributed by atoms with Gasteiger partial charge in [0.15, 0.2) is 0 Å². The Morgan fingerprint density at radius 2 is 2.15 bits per heavy atom. The van der Waals surface area contributed by atoms with Gasteiger partial charge in [0.2, 0.25) is 0 Å². The van der Waals surface area contributed by atoms with Gasteiger partial charge in [-0.15, -0.1) is 0 Å². The molecule has 108 valence electrons. The first kappa shape index (κ1) is 15.2. The van der Waals surface area contributed by atoms with Crippen molar-refractivity contribution in [2.75, 3.05) is 6.54 Å². The molecule has 0 aliphatic rings. The van der Waals surface area contributed by atoms with Crippen molar-refractivity contribution >= 4 is 15.9 Å². The molecule has 0 fully saturated rings. The molecule has 0 atom stereocenters. The second-order valence-corrected chi connectivity index (χ2v) is 5.68. The van der Waals surface area contributed by atoms with E-state index in [0.29, 0.717) is 6.54 Å². The summed E-state index contributed by atoms with van der Waals surface area (Å²) in [6.45, 7) is 6.58. The van der Waals surface area contributed by atoms with Crippen molar-refractivity contribution in [3.63, 3.8) is 0 Å². The van der Waals surface area contributed by atoms with E-state index in [-0.39, 0.29) is 5.82 Å². The molecule has 0 unspecified atom stereocenters. The molecule has 0 bridgehead atoms. The fraction of sp³-hybridized carbons (Fsp3) is 0.400. The highest BCUT2D eigenvalue weighted by molar-refractivity contribution is 9.10. The first-order chi connectivity index (χ1) is 9.61. The van der Waals surface area contributed by atoms with E-state index in [0.717, 1.165) is 35.2 Å². The molecule has 1 N–H and O–H groups in total. The van der Waals surface area contributed by atoms with E-state index in [2.05, 4.69) is 33.3 Å². The maximum Gasteiger partial charge on any atom is 0.123 e. The molecule has 1 heterocycles. The fourth-order valence-electron chi connectivity index (χ4n) is 2.04. The second-order valence-electron chi connectivity index (χ2n) is 4.83. The summed E-state index contributed by atoms with van der Waals surface area (Å²) in [5.41, 5.74) is 3.19. The van der Waals surface area contributed by atoms with Crippen LogP contribution >= 0.6 is 15.9 Å². The van der Waals surface area contributed by atoms with Crippen LogP contribution < -0.4 is 5.32 Å². The molecule has 2 aromatic rings. The Morgan fingerprint density at radius 3 is 2.90 bits per heavy atom. The van der Waals surface area contributed by atoms with Crippen LogP contribution in [0.1, 0.15) is 30.2 Å². The minimum Gasteiger partial charge on any atom is -0.313 e. The Bertz CT molecular complexity index is 580. The van der Waals surface area contributed by atoms with Gasteiger partial charge >= 0.3 is 0 Å². The molecule has 20 heavy (non-hydrogen) atoms. The van der Waals surface area contributed by atoms with E-state index in [1.807, 2.05) is 17.8 Å². The van der Waals surface area contributed by atoms with E-state index in [1.165, 1.54) is 11.6 Å². The smallest absolute Gasteiger partial charge is 0.123 e. The van der Waals surface area contributed by atoms with Crippen LogP contribution in [0.25, 0.3) is 0 Å². The SMILES string of the molecule is CCCNCc1cnn(Cc2cc(F)ccc2Br)c1C. The Morgan fingerprint density at radius 1 is 1.35 bits per heavy atom. The van der Waals surface area contributed by atoms with Crippen molar-refractivity contribution in [3.05, 3.63) is 51.5 Å². The summed E-state index contributed by atoms with van der Waals surface area (Å²) in [7, 11) is 0. The van der Waals surface area contributed by atoms with Crippen LogP contribution in [0.4, 0.5) is 4.39 Å². The molecular formula is C15H19BrFN3. The fourth-order valence-corrected chi connectivity index (χ4v) is 2.42. The van der Waals surface area contributed by atoms with Gasteiger partial charge in [0, 0.05) is 22.3 Å². The minimum atomic E-state index is -0.224. The molecule has 0 amide bonds. The maximum atomic E-state index is 13.3. The Kier molecular flexibility index (Phi) is 5.31. The summed E-state index contributed by atoms with van der Waals surface area (Å²) in [5.74, 6) is -0.224. The van der Waals surface area contributed by atoms with Gasteiger partial charge in [0.25, 0.3) is 0 Å².